The Kier molecular flexibility index (Phi) is 5.21. The summed E-state index contributed by atoms with van der Waals surface area (Å²) in [5.41, 5.74) is -1.30. The number of carbonyl (C=O) groups is 1. The molecule has 1 unspecified atom stereocenters. The molecular weight excluding hydrogens is 321 g/mol. The number of carbonyl (C=O) groups excluding carboxylic acids is 1. The Hall–Kier alpha value is -1.33. The molecular formula is C17H23ClFNO3. The van der Waals surface area contributed by atoms with Gasteiger partial charge in [0, 0.05) is 18.1 Å². The second-order valence-electron chi connectivity index (χ2n) is 7.01. The Bertz CT molecular complexity index is 567. The quantitative estimate of drug-likeness (QED) is 0.835. The maximum atomic E-state index is 13.6. The van der Waals surface area contributed by atoms with Gasteiger partial charge in [-0.3, -0.25) is 0 Å². The van der Waals surface area contributed by atoms with E-state index in [1.54, 1.807) is 11.0 Å². The van der Waals surface area contributed by atoms with Gasteiger partial charge in [-0.1, -0.05) is 11.6 Å². The molecule has 1 heterocycles. The van der Waals surface area contributed by atoms with Crippen LogP contribution in [0.4, 0.5) is 9.18 Å². The molecule has 2 rings (SSSR count). The van der Waals surface area contributed by atoms with Gasteiger partial charge >= 0.3 is 6.09 Å². The van der Waals surface area contributed by atoms with Crippen LogP contribution in [0.2, 0.25) is 5.02 Å². The van der Waals surface area contributed by atoms with E-state index in [9.17, 15) is 14.3 Å². The van der Waals surface area contributed by atoms with Crippen LogP contribution >= 0.6 is 11.6 Å². The molecule has 0 spiro atoms. The number of nitrogens with zero attached hydrogens (tertiary/aromatic N) is 1. The van der Waals surface area contributed by atoms with Crippen molar-refractivity contribution in [1.82, 2.24) is 4.90 Å². The van der Waals surface area contributed by atoms with Gasteiger partial charge in [-0.05, 0) is 63.8 Å². The minimum Gasteiger partial charge on any atom is -0.444 e. The Balaban J connectivity index is 2.12. The largest absolute Gasteiger partial charge is 0.444 e. The number of hydrogen-bond donors (Lipinski definition) is 1. The molecule has 1 aliphatic rings. The molecule has 1 fully saturated rings. The Labute approximate surface area is 141 Å². The van der Waals surface area contributed by atoms with Crippen LogP contribution < -0.4 is 0 Å². The van der Waals surface area contributed by atoms with Gasteiger partial charge in [-0.15, -0.1) is 0 Å². The number of ether oxygens (including phenoxy) is 1. The summed E-state index contributed by atoms with van der Waals surface area (Å²) in [7, 11) is 0. The fraction of sp³-hybridized carbons (Fsp3) is 0.588. The van der Waals surface area contributed by atoms with Crippen molar-refractivity contribution in [2.24, 2.45) is 0 Å². The zero-order valence-electron chi connectivity index (χ0n) is 13.7. The van der Waals surface area contributed by atoms with Crippen molar-refractivity contribution < 1.29 is 19.0 Å². The zero-order valence-corrected chi connectivity index (χ0v) is 14.5. The van der Waals surface area contributed by atoms with Gasteiger partial charge in [0.2, 0.25) is 0 Å². The van der Waals surface area contributed by atoms with Crippen LogP contribution in [0.3, 0.4) is 0 Å². The smallest absolute Gasteiger partial charge is 0.410 e. The second-order valence-corrected chi connectivity index (χ2v) is 7.45. The van der Waals surface area contributed by atoms with Crippen molar-refractivity contribution in [3.8, 4) is 0 Å². The lowest BCUT2D eigenvalue weighted by molar-refractivity contribution is 0.0127. The summed E-state index contributed by atoms with van der Waals surface area (Å²) in [6, 6.07) is 4.08. The Morgan fingerprint density at radius 2 is 2.00 bits per heavy atom. The van der Waals surface area contributed by atoms with Crippen LogP contribution in [-0.4, -0.2) is 34.8 Å². The van der Waals surface area contributed by atoms with Crippen LogP contribution in [-0.2, 0) is 10.3 Å². The summed E-state index contributed by atoms with van der Waals surface area (Å²) in [4.78, 5) is 13.8. The van der Waals surface area contributed by atoms with E-state index >= 15 is 0 Å². The predicted octanol–water partition coefficient (Wildman–Crippen LogP) is 4.09. The van der Waals surface area contributed by atoms with Gasteiger partial charge < -0.3 is 14.7 Å². The third-order valence-electron chi connectivity index (χ3n) is 3.87. The number of aliphatic hydroxyl groups is 1. The molecule has 23 heavy (non-hydrogen) atoms. The fourth-order valence-electron chi connectivity index (χ4n) is 2.74. The molecule has 1 amide bonds. The molecule has 0 radical (unpaired) electrons. The van der Waals surface area contributed by atoms with Crippen molar-refractivity contribution in [3.05, 3.63) is 34.6 Å². The molecule has 1 aromatic carbocycles. The number of amides is 1. The molecule has 1 N–H and O–H groups in total. The van der Waals surface area contributed by atoms with Gasteiger partial charge in [0.1, 0.15) is 11.4 Å². The summed E-state index contributed by atoms with van der Waals surface area (Å²) >= 11 is 5.89. The van der Waals surface area contributed by atoms with Crippen molar-refractivity contribution >= 4 is 17.7 Å². The molecule has 6 heteroatoms. The van der Waals surface area contributed by atoms with E-state index in [4.69, 9.17) is 16.3 Å². The van der Waals surface area contributed by atoms with Crippen LogP contribution in [0.15, 0.2) is 18.2 Å². The average Bonchev–Trinajstić information content (AvgIpc) is 2.59. The van der Waals surface area contributed by atoms with Crippen LogP contribution in [0.1, 0.15) is 45.6 Å². The Morgan fingerprint density at radius 3 is 2.61 bits per heavy atom. The van der Waals surface area contributed by atoms with E-state index in [0.717, 1.165) is 0 Å². The number of hydrogen-bond acceptors (Lipinski definition) is 3. The fourth-order valence-corrected chi connectivity index (χ4v) is 2.96. The Morgan fingerprint density at radius 1 is 1.30 bits per heavy atom. The normalized spacial score (nSPS) is 22.6. The highest BCUT2D eigenvalue weighted by molar-refractivity contribution is 6.30. The lowest BCUT2D eigenvalue weighted by Crippen LogP contribution is -2.38. The summed E-state index contributed by atoms with van der Waals surface area (Å²) in [5.74, 6) is -0.478. The molecule has 1 aromatic rings. The van der Waals surface area contributed by atoms with Gasteiger partial charge in [-0.2, -0.15) is 0 Å². The molecule has 0 aromatic heterocycles. The van der Waals surface area contributed by atoms with Gasteiger partial charge in [0.15, 0.2) is 0 Å². The first-order valence-corrected chi connectivity index (χ1v) is 8.14. The SMILES string of the molecule is CC(C)(C)OC(=O)N1CCCC(O)(c2cc(F)cc(Cl)c2)CC1. The molecule has 1 atom stereocenters. The van der Waals surface area contributed by atoms with Gasteiger partial charge in [0.05, 0.1) is 5.60 Å². The standard InChI is InChI=1S/C17H23ClFNO3/c1-16(2,3)23-15(21)20-7-4-5-17(22,6-8-20)12-9-13(18)11-14(19)10-12/h9-11,22H,4-8H2,1-3H3. The number of benzene rings is 1. The van der Waals surface area contributed by atoms with Crippen molar-refractivity contribution in [2.75, 3.05) is 13.1 Å². The lowest BCUT2D eigenvalue weighted by Gasteiger charge is -2.28. The highest BCUT2D eigenvalue weighted by Gasteiger charge is 2.34. The zero-order chi connectivity index (χ0) is 17.3. The van der Waals surface area contributed by atoms with E-state index < -0.39 is 17.0 Å². The summed E-state index contributed by atoms with van der Waals surface area (Å²) in [5, 5.41) is 11.2. The van der Waals surface area contributed by atoms with Gasteiger partial charge in [0.25, 0.3) is 0 Å². The van der Waals surface area contributed by atoms with Crippen LogP contribution in [0.25, 0.3) is 0 Å². The van der Waals surface area contributed by atoms with E-state index in [1.165, 1.54) is 12.1 Å². The topological polar surface area (TPSA) is 49.8 Å². The molecule has 0 aliphatic carbocycles. The summed E-state index contributed by atoms with van der Waals surface area (Å²) in [6.45, 7) is 6.29. The summed E-state index contributed by atoms with van der Waals surface area (Å²) in [6.07, 6.45) is 0.959. The number of likely N-dealkylation sites (tertiary alicyclic amines) is 1. The maximum absolute atomic E-state index is 13.6. The molecule has 4 nitrogen and oxygen atoms in total. The third kappa shape index (κ3) is 4.82. The second kappa shape index (κ2) is 6.65. The number of halogens is 2. The van der Waals surface area contributed by atoms with Crippen LogP contribution in [0.5, 0.6) is 0 Å². The molecule has 128 valence electrons. The number of rotatable bonds is 1. The first-order chi connectivity index (χ1) is 10.6. The highest BCUT2D eigenvalue weighted by atomic mass is 35.5. The first kappa shape index (κ1) is 18.0. The monoisotopic (exact) mass is 343 g/mol. The average molecular weight is 344 g/mol. The highest BCUT2D eigenvalue weighted by Crippen LogP contribution is 2.34. The lowest BCUT2D eigenvalue weighted by atomic mass is 9.87. The van der Waals surface area contributed by atoms with Crippen molar-refractivity contribution in [1.29, 1.82) is 0 Å². The minimum atomic E-state index is -1.19. The van der Waals surface area contributed by atoms with Crippen molar-refractivity contribution in [3.63, 3.8) is 0 Å². The minimum absolute atomic E-state index is 0.252. The van der Waals surface area contributed by atoms with E-state index in [1.807, 2.05) is 20.8 Å². The van der Waals surface area contributed by atoms with Crippen LogP contribution in [0, 0.1) is 5.82 Å². The van der Waals surface area contributed by atoms with Gasteiger partial charge in [-0.25, -0.2) is 9.18 Å². The molecule has 1 saturated heterocycles. The van der Waals surface area contributed by atoms with E-state index in [2.05, 4.69) is 0 Å². The third-order valence-corrected chi connectivity index (χ3v) is 4.08. The molecule has 1 aliphatic heterocycles. The molecule has 0 saturated carbocycles. The summed E-state index contributed by atoms with van der Waals surface area (Å²) < 4.78 is 18.9. The van der Waals surface area contributed by atoms with E-state index in [0.29, 0.717) is 37.9 Å². The predicted molar refractivity (Wildman–Crippen MR) is 87.0 cm³/mol. The van der Waals surface area contributed by atoms with Crippen molar-refractivity contribution in [2.45, 2.75) is 51.2 Å². The van der Waals surface area contributed by atoms with E-state index in [-0.39, 0.29) is 11.1 Å². The molecule has 0 bridgehead atoms. The maximum Gasteiger partial charge on any atom is 0.410 e. The first-order valence-electron chi connectivity index (χ1n) is 7.76.